The Morgan fingerprint density at radius 1 is 1.43 bits per heavy atom. The molecule has 30 heavy (non-hydrogen) atoms. The van der Waals surface area contributed by atoms with Gasteiger partial charge in [0.25, 0.3) is 5.91 Å². The van der Waals surface area contributed by atoms with E-state index < -0.39 is 5.91 Å². The van der Waals surface area contributed by atoms with Crippen molar-refractivity contribution in [2.75, 3.05) is 20.4 Å². The van der Waals surface area contributed by atoms with Gasteiger partial charge in [-0.1, -0.05) is 30.4 Å². The van der Waals surface area contributed by atoms with Crippen molar-refractivity contribution in [2.24, 2.45) is 15.7 Å². The fraction of sp³-hybridized carbons (Fsp3) is 0.350. The molecule has 1 heterocycles. The molecule has 1 atom stereocenters. The summed E-state index contributed by atoms with van der Waals surface area (Å²) in [5.74, 6) is 0.336. The Labute approximate surface area is 182 Å². The predicted octanol–water partition coefficient (Wildman–Crippen LogP) is 2.20. The molecule has 4 N–H and O–H groups in total. The molecule has 1 amide bonds. The van der Waals surface area contributed by atoms with E-state index in [4.69, 9.17) is 18.0 Å². The average Bonchev–Trinajstić information content (AvgIpc) is 3.13. The minimum atomic E-state index is -0.428. The van der Waals surface area contributed by atoms with Crippen LogP contribution in [0.5, 0.6) is 5.75 Å². The summed E-state index contributed by atoms with van der Waals surface area (Å²) in [4.78, 5) is 22.7. The summed E-state index contributed by atoms with van der Waals surface area (Å²) in [6, 6.07) is 4.66. The number of carbonyl (C=O) groups excluding carboxylic acids is 1. The highest BCUT2D eigenvalue weighted by Crippen LogP contribution is 2.30. The standard InChI is InChI=1S/C20H26BN5O3S/c1-6-13(15-9-11(2)10-29-15)23-18(22)19(25-30-5)24-14-8-7-12(21)16(17(14)27)20(28)26(3)4/h7-10,13,27H,6H2,1-5H3,(H2,22,23)(H,24,25)/t13-/m1/s1. The highest BCUT2D eigenvalue weighted by molar-refractivity contribution is 7.97. The second-order valence-corrected chi connectivity index (χ2v) is 7.44. The van der Waals surface area contributed by atoms with Gasteiger partial charge in [0.15, 0.2) is 17.4 Å². The topological polar surface area (TPSA) is 116 Å². The lowest BCUT2D eigenvalue weighted by molar-refractivity contribution is 0.0826. The van der Waals surface area contributed by atoms with Gasteiger partial charge in [-0.2, -0.15) is 0 Å². The average molecular weight is 427 g/mol. The van der Waals surface area contributed by atoms with Gasteiger partial charge in [-0.25, -0.2) is 4.99 Å². The first kappa shape index (κ1) is 23.4. The molecule has 0 spiro atoms. The monoisotopic (exact) mass is 427 g/mol. The second-order valence-electron chi connectivity index (χ2n) is 6.83. The third kappa shape index (κ3) is 5.38. The Bertz CT molecular complexity index is 971. The van der Waals surface area contributed by atoms with Gasteiger partial charge in [-0.15, -0.1) is 0 Å². The predicted molar refractivity (Wildman–Crippen MR) is 123 cm³/mol. The molecule has 0 unspecified atom stereocenters. The maximum atomic E-state index is 12.4. The zero-order valence-corrected chi connectivity index (χ0v) is 18.6. The van der Waals surface area contributed by atoms with Crippen molar-refractivity contribution in [3.05, 3.63) is 41.3 Å². The van der Waals surface area contributed by atoms with E-state index in [0.717, 1.165) is 5.56 Å². The quantitative estimate of drug-likeness (QED) is 0.282. The van der Waals surface area contributed by atoms with Crippen molar-refractivity contribution in [3.63, 3.8) is 0 Å². The Morgan fingerprint density at radius 2 is 2.13 bits per heavy atom. The zero-order chi connectivity index (χ0) is 22.4. The van der Waals surface area contributed by atoms with Crippen LogP contribution in [-0.2, 0) is 0 Å². The van der Waals surface area contributed by atoms with Crippen molar-refractivity contribution < 1.29 is 14.3 Å². The number of aliphatic imine (C=N–C) groups is 2. The number of carbonyl (C=O) groups is 1. The number of benzene rings is 1. The van der Waals surface area contributed by atoms with Crippen LogP contribution in [-0.4, -0.2) is 55.8 Å². The molecule has 10 heteroatoms. The van der Waals surface area contributed by atoms with Gasteiger partial charge in [0, 0.05) is 20.4 Å². The lowest BCUT2D eigenvalue weighted by Gasteiger charge is -2.16. The van der Waals surface area contributed by atoms with Crippen LogP contribution in [0.3, 0.4) is 0 Å². The highest BCUT2D eigenvalue weighted by Gasteiger charge is 2.20. The number of nitrogens with one attached hydrogen (secondary N) is 1. The Hall–Kier alpha value is -2.88. The number of nitrogens with two attached hydrogens (primary N) is 1. The molecule has 0 aliphatic heterocycles. The first-order valence-electron chi connectivity index (χ1n) is 9.29. The van der Waals surface area contributed by atoms with E-state index in [2.05, 4.69) is 14.7 Å². The normalized spacial score (nSPS) is 13.2. The molecule has 8 nitrogen and oxygen atoms in total. The van der Waals surface area contributed by atoms with Gasteiger partial charge >= 0.3 is 0 Å². The fourth-order valence-electron chi connectivity index (χ4n) is 2.70. The highest BCUT2D eigenvalue weighted by atomic mass is 32.2. The first-order chi connectivity index (χ1) is 14.2. The molecule has 0 aliphatic rings. The largest absolute Gasteiger partial charge is 0.505 e. The number of amidine groups is 2. The molecule has 1 aromatic heterocycles. The van der Waals surface area contributed by atoms with Gasteiger partial charge in [0.05, 0.1) is 11.8 Å². The number of aromatic hydroxyl groups is 1. The summed E-state index contributed by atoms with van der Waals surface area (Å²) in [6.07, 6.45) is 4.14. The molecule has 0 aliphatic carbocycles. The minimum Gasteiger partial charge on any atom is -0.505 e. The summed E-state index contributed by atoms with van der Waals surface area (Å²) < 4.78 is 8.52. The van der Waals surface area contributed by atoms with E-state index in [9.17, 15) is 9.90 Å². The number of hydrogen-bond donors (Lipinski definition) is 3. The van der Waals surface area contributed by atoms with Crippen LogP contribution in [0.15, 0.2) is 38.9 Å². The van der Waals surface area contributed by atoms with E-state index in [1.54, 1.807) is 26.6 Å². The molecule has 2 radical (unpaired) electrons. The molecule has 158 valence electrons. The van der Waals surface area contributed by atoms with Crippen LogP contribution in [0.4, 0.5) is 5.69 Å². The number of aryl methyl sites for hydroxylation is 1. The molecule has 0 bridgehead atoms. The maximum Gasteiger partial charge on any atom is 0.256 e. The van der Waals surface area contributed by atoms with Crippen LogP contribution in [0.2, 0.25) is 0 Å². The zero-order valence-electron chi connectivity index (χ0n) is 17.8. The smallest absolute Gasteiger partial charge is 0.256 e. The number of hydrogen-bond acceptors (Lipinski definition) is 6. The summed E-state index contributed by atoms with van der Waals surface area (Å²) in [5, 5.41) is 10.6. The number of furan rings is 1. The maximum absolute atomic E-state index is 12.4. The van der Waals surface area contributed by atoms with E-state index >= 15 is 0 Å². The van der Waals surface area contributed by atoms with Crippen molar-refractivity contribution >= 4 is 48.5 Å². The van der Waals surface area contributed by atoms with Gasteiger partial charge < -0.3 is 24.9 Å². The Morgan fingerprint density at radius 3 is 2.67 bits per heavy atom. The van der Waals surface area contributed by atoms with Crippen LogP contribution in [0.25, 0.3) is 0 Å². The van der Waals surface area contributed by atoms with E-state index in [0.29, 0.717) is 12.2 Å². The summed E-state index contributed by atoms with van der Waals surface area (Å²) >= 11 is 1.27. The first-order valence-corrected chi connectivity index (χ1v) is 10.5. The summed E-state index contributed by atoms with van der Waals surface area (Å²) in [7, 11) is 9.04. The minimum absolute atomic E-state index is 0.0160. The van der Waals surface area contributed by atoms with Crippen molar-refractivity contribution in [3.8, 4) is 5.75 Å². The molecular formula is C20H26BN5O3S. The molecule has 2 aromatic rings. The van der Waals surface area contributed by atoms with Crippen LogP contribution < -0.4 is 15.9 Å². The van der Waals surface area contributed by atoms with Gasteiger partial charge in [-0.3, -0.25) is 9.79 Å². The number of rotatable bonds is 6. The van der Waals surface area contributed by atoms with E-state index in [1.165, 1.54) is 29.0 Å². The van der Waals surface area contributed by atoms with Crippen LogP contribution in [0.1, 0.15) is 41.1 Å². The molecule has 0 fully saturated rings. The van der Waals surface area contributed by atoms with Gasteiger partial charge in [-0.05, 0) is 31.0 Å². The molecular weight excluding hydrogens is 401 g/mol. The fourth-order valence-corrected chi connectivity index (χ4v) is 3.04. The SMILES string of the molecule is [B]c1ccc(N=C(NSC)C(N)=N[C@H](CC)c2cc(C)co2)c(O)c1C(=O)N(C)C. The number of nitrogens with zero attached hydrogens (tertiary/aromatic N) is 3. The Balaban J connectivity index is 2.49. The third-order valence-corrected chi connectivity index (χ3v) is 4.64. The van der Waals surface area contributed by atoms with Crippen molar-refractivity contribution in [1.82, 2.24) is 9.62 Å². The van der Waals surface area contributed by atoms with E-state index in [-0.39, 0.29) is 40.2 Å². The molecule has 0 saturated carbocycles. The molecule has 0 saturated heterocycles. The Kier molecular flexibility index (Phi) is 7.99. The molecule has 2 rings (SSSR count). The third-order valence-electron chi connectivity index (χ3n) is 4.24. The number of phenols is 1. The lowest BCUT2D eigenvalue weighted by atomic mass is 9.89. The van der Waals surface area contributed by atoms with Gasteiger partial charge in [0.1, 0.15) is 25.3 Å². The van der Waals surface area contributed by atoms with Crippen LogP contribution in [0, 0.1) is 6.92 Å². The summed E-state index contributed by atoms with van der Waals surface area (Å²) in [6.45, 7) is 3.91. The molecule has 1 aromatic carbocycles. The van der Waals surface area contributed by atoms with Crippen molar-refractivity contribution in [2.45, 2.75) is 26.3 Å². The second kappa shape index (κ2) is 10.2. The number of phenolic OH excluding ortho intramolecular Hbond substituents is 1. The lowest BCUT2D eigenvalue weighted by Crippen LogP contribution is -2.33. The number of amides is 1. The summed E-state index contributed by atoms with van der Waals surface area (Å²) in [5.41, 5.74) is 7.50. The van der Waals surface area contributed by atoms with Crippen molar-refractivity contribution in [1.29, 1.82) is 0 Å². The van der Waals surface area contributed by atoms with Gasteiger partial charge in [0.2, 0.25) is 0 Å². The van der Waals surface area contributed by atoms with Crippen LogP contribution >= 0.6 is 11.9 Å². The van der Waals surface area contributed by atoms with E-state index in [1.807, 2.05) is 19.9 Å².